The molecule has 3 nitrogen and oxygen atoms in total. The van der Waals surface area contributed by atoms with Crippen LogP contribution in [0.25, 0.3) is 0 Å². The van der Waals surface area contributed by atoms with Crippen LogP contribution in [-0.2, 0) is 6.42 Å². The summed E-state index contributed by atoms with van der Waals surface area (Å²) in [5.74, 6) is 1.42. The second-order valence-corrected chi connectivity index (χ2v) is 5.25. The number of hydrogen-bond donors (Lipinski definition) is 1. The molecule has 0 aliphatic carbocycles. The highest BCUT2D eigenvalue weighted by molar-refractivity contribution is 5.43. The number of rotatable bonds is 6. The van der Waals surface area contributed by atoms with Gasteiger partial charge in [-0.25, -0.2) is 0 Å². The van der Waals surface area contributed by atoms with Crippen LogP contribution in [0.5, 0.6) is 11.5 Å². The van der Waals surface area contributed by atoms with Crippen molar-refractivity contribution in [3.63, 3.8) is 0 Å². The van der Waals surface area contributed by atoms with Gasteiger partial charge < -0.3 is 14.6 Å². The van der Waals surface area contributed by atoms with E-state index in [9.17, 15) is 5.11 Å². The van der Waals surface area contributed by atoms with E-state index in [0.29, 0.717) is 17.9 Å². The van der Waals surface area contributed by atoms with Crippen LogP contribution in [0.1, 0.15) is 32.8 Å². The fraction of sp³-hybridized carbons (Fsp3) is 0.600. The molecule has 0 spiro atoms. The average molecular weight is 252 g/mol. The highest BCUT2D eigenvalue weighted by atomic mass is 16.5. The summed E-state index contributed by atoms with van der Waals surface area (Å²) in [7, 11) is 3.24. The van der Waals surface area contributed by atoms with E-state index >= 15 is 0 Å². The first kappa shape index (κ1) is 14.8. The van der Waals surface area contributed by atoms with E-state index in [1.54, 1.807) is 14.2 Å². The second kappa shape index (κ2) is 6.10. The zero-order chi connectivity index (χ0) is 13.8. The van der Waals surface area contributed by atoms with Gasteiger partial charge in [0.1, 0.15) is 0 Å². The lowest BCUT2D eigenvalue weighted by Gasteiger charge is -2.29. The van der Waals surface area contributed by atoms with Gasteiger partial charge >= 0.3 is 0 Å². The minimum absolute atomic E-state index is 0.0762. The van der Waals surface area contributed by atoms with Gasteiger partial charge in [-0.1, -0.05) is 26.8 Å². The lowest BCUT2D eigenvalue weighted by atomic mass is 9.81. The van der Waals surface area contributed by atoms with E-state index in [-0.39, 0.29) is 11.5 Å². The molecule has 0 saturated heterocycles. The lowest BCUT2D eigenvalue weighted by Crippen LogP contribution is -2.30. The fourth-order valence-electron chi connectivity index (χ4n) is 1.74. The first-order chi connectivity index (χ1) is 8.44. The Hall–Kier alpha value is -1.22. The molecular formula is C15H24O3. The van der Waals surface area contributed by atoms with Crippen LogP contribution in [0, 0.1) is 5.41 Å². The number of hydrogen-bond acceptors (Lipinski definition) is 3. The van der Waals surface area contributed by atoms with Crippen LogP contribution < -0.4 is 9.47 Å². The molecule has 1 unspecified atom stereocenters. The van der Waals surface area contributed by atoms with Crippen molar-refractivity contribution in [1.82, 2.24) is 0 Å². The van der Waals surface area contributed by atoms with Crippen molar-refractivity contribution >= 4 is 0 Å². The van der Waals surface area contributed by atoms with Gasteiger partial charge in [-0.05, 0) is 36.0 Å². The predicted octanol–water partition coefficient (Wildman–Crippen LogP) is 3.04. The van der Waals surface area contributed by atoms with E-state index in [1.807, 2.05) is 18.2 Å². The standard InChI is InChI=1S/C15H24O3/c1-6-15(2,3)14(16)10-11-7-8-12(17-4)13(9-11)18-5/h7-9,14,16H,6,10H2,1-5H3. The summed E-state index contributed by atoms with van der Waals surface area (Å²) in [5.41, 5.74) is 0.981. The summed E-state index contributed by atoms with van der Waals surface area (Å²) in [5, 5.41) is 10.2. The molecule has 0 bridgehead atoms. The maximum absolute atomic E-state index is 10.2. The van der Waals surface area contributed by atoms with Gasteiger partial charge in [0.25, 0.3) is 0 Å². The van der Waals surface area contributed by atoms with E-state index in [2.05, 4.69) is 20.8 Å². The van der Waals surface area contributed by atoms with Crippen molar-refractivity contribution in [1.29, 1.82) is 0 Å². The van der Waals surface area contributed by atoms with Crippen LogP contribution in [-0.4, -0.2) is 25.4 Å². The van der Waals surface area contributed by atoms with Crippen LogP contribution in [0.3, 0.4) is 0 Å². The Balaban J connectivity index is 2.86. The number of aliphatic hydroxyl groups is 1. The van der Waals surface area contributed by atoms with Gasteiger partial charge in [-0.3, -0.25) is 0 Å². The van der Waals surface area contributed by atoms with E-state index in [0.717, 1.165) is 12.0 Å². The molecule has 0 aliphatic rings. The minimum atomic E-state index is -0.361. The SMILES string of the molecule is CCC(C)(C)C(O)Cc1ccc(OC)c(OC)c1. The Kier molecular flexibility index (Phi) is 5.03. The third-order valence-electron chi connectivity index (χ3n) is 3.69. The first-order valence-electron chi connectivity index (χ1n) is 6.33. The molecule has 1 aromatic carbocycles. The first-order valence-corrected chi connectivity index (χ1v) is 6.33. The fourth-order valence-corrected chi connectivity index (χ4v) is 1.74. The molecule has 1 N–H and O–H groups in total. The molecule has 0 heterocycles. The number of benzene rings is 1. The molecule has 0 radical (unpaired) electrons. The molecule has 1 rings (SSSR count). The maximum Gasteiger partial charge on any atom is 0.160 e. The third kappa shape index (κ3) is 3.39. The molecule has 18 heavy (non-hydrogen) atoms. The Bertz CT molecular complexity index is 385. The van der Waals surface area contributed by atoms with Gasteiger partial charge in [0, 0.05) is 0 Å². The molecule has 3 heteroatoms. The highest BCUT2D eigenvalue weighted by Gasteiger charge is 2.26. The topological polar surface area (TPSA) is 38.7 Å². The molecule has 0 fully saturated rings. The smallest absolute Gasteiger partial charge is 0.160 e. The summed E-state index contributed by atoms with van der Waals surface area (Å²) >= 11 is 0. The van der Waals surface area contributed by atoms with Crippen molar-refractivity contribution < 1.29 is 14.6 Å². The van der Waals surface area contributed by atoms with Crippen LogP contribution in [0.4, 0.5) is 0 Å². The van der Waals surface area contributed by atoms with Crippen molar-refractivity contribution in [3.05, 3.63) is 23.8 Å². The average Bonchev–Trinajstić information content (AvgIpc) is 2.38. The predicted molar refractivity (Wildman–Crippen MR) is 73.3 cm³/mol. The van der Waals surface area contributed by atoms with Gasteiger partial charge in [-0.2, -0.15) is 0 Å². The Morgan fingerprint density at radius 3 is 2.28 bits per heavy atom. The van der Waals surface area contributed by atoms with E-state index in [1.165, 1.54) is 0 Å². The summed E-state index contributed by atoms with van der Waals surface area (Å²) in [6.07, 6.45) is 1.21. The van der Waals surface area contributed by atoms with Crippen LogP contribution in [0.15, 0.2) is 18.2 Å². The summed E-state index contributed by atoms with van der Waals surface area (Å²) < 4.78 is 10.5. The summed E-state index contributed by atoms with van der Waals surface area (Å²) in [6.45, 7) is 6.26. The van der Waals surface area contributed by atoms with Crippen LogP contribution >= 0.6 is 0 Å². The van der Waals surface area contributed by atoms with Crippen molar-refractivity contribution in [2.24, 2.45) is 5.41 Å². The molecule has 0 aliphatic heterocycles. The van der Waals surface area contributed by atoms with Crippen molar-refractivity contribution in [2.45, 2.75) is 39.7 Å². The molecule has 0 saturated carbocycles. The molecule has 1 atom stereocenters. The number of methoxy groups -OCH3 is 2. The minimum Gasteiger partial charge on any atom is -0.493 e. The van der Waals surface area contributed by atoms with E-state index in [4.69, 9.17) is 9.47 Å². The Labute approximate surface area is 110 Å². The second-order valence-electron chi connectivity index (χ2n) is 5.25. The Morgan fingerprint density at radius 1 is 1.17 bits per heavy atom. The van der Waals surface area contributed by atoms with Gasteiger partial charge in [-0.15, -0.1) is 0 Å². The molecule has 102 valence electrons. The highest BCUT2D eigenvalue weighted by Crippen LogP contribution is 2.31. The molecule has 1 aromatic rings. The summed E-state index contributed by atoms with van der Waals surface area (Å²) in [6, 6.07) is 5.77. The van der Waals surface area contributed by atoms with Gasteiger partial charge in [0.2, 0.25) is 0 Å². The maximum atomic E-state index is 10.2. The van der Waals surface area contributed by atoms with E-state index < -0.39 is 0 Å². The molecule has 0 aromatic heterocycles. The lowest BCUT2D eigenvalue weighted by molar-refractivity contribution is 0.0479. The molecular weight excluding hydrogens is 228 g/mol. The number of ether oxygens (including phenoxy) is 2. The summed E-state index contributed by atoms with van der Waals surface area (Å²) in [4.78, 5) is 0. The quantitative estimate of drug-likeness (QED) is 0.845. The Morgan fingerprint density at radius 2 is 1.78 bits per heavy atom. The zero-order valence-corrected chi connectivity index (χ0v) is 12.0. The monoisotopic (exact) mass is 252 g/mol. The third-order valence-corrected chi connectivity index (χ3v) is 3.69. The largest absolute Gasteiger partial charge is 0.493 e. The van der Waals surface area contributed by atoms with Crippen molar-refractivity contribution in [2.75, 3.05) is 14.2 Å². The normalized spacial score (nSPS) is 13.2. The molecule has 0 amide bonds. The van der Waals surface area contributed by atoms with Gasteiger partial charge in [0.15, 0.2) is 11.5 Å². The van der Waals surface area contributed by atoms with Gasteiger partial charge in [0.05, 0.1) is 20.3 Å². The van der Waals surface area contributed by atoms with Crippen LogP contribution in [0.2, 0.25) is 0 Å². The number of aliphatic hydroxyl groups excluding tert-OH is 1. The zero-order valence-electron chi connectivity index (χ0n) is 12.0. The van der Waals surface area contributed by atoms with Crippen molar-refractivity contribution in [3.8, 4) is 11.5 Å².